The minimum atomic E-state index is -0.0204. The van der Waals surface area contributed by atoms with Gasteiger partial charge in [-0.15, -0.1) is 0 Å². The number of hydrogen-bond donors (Lipinski definition) is 0. The first-order valence-corrected chi connectivity index (χ1v) is 13.1. The number of amides is 2. The molecule has 1 aliphatic rings. The maximum Gasteiger partial charge on any atom is 0.324 e. The van der Waals surface area contributed by atoms with Gasteiger partial charge in [0.25, 0.3) is 0 Å². The van der Waals surface area contributed by atoms with Crippen LogP contribution in [0.2, 0.25) is 0 Å². The summed E-state index contributed by atoms with van der Waals surface area (Å²) >= 11 is 0. The van der Waals surface area contributed by atoms with E-state index in [-0.39, 0.29) is 6.03 Å². The molecule has 2 heterocycles. The van der Waals surface area contributed by atoms with Crippen LogP contribution >= 0.6 is 0 Å². The van der Waals surface area contributed by atoms with Crippen LogP contribution in [0.15, 0.2) is 60.8 Å². The van der Waals surface area contributed by atoms with Gasteiger partial charge in [0.15, 0.2) is 11.5 Å². The first-order valence-electron chi connectivity index (χ1n) is 13.1. The van der Waals surface area contributed by atoms with E-state index >= 15 is 0 Å². The van der Waals surface area contributed by atoms with Crippen molar-refractivity contribution in [2.45, 2.75) is 45.6 Å². The summed E-state index contributed by atoms with van der Waals surface area (Å²) in [4.78, 5) is 21.7. The molecule has 0 atom stereocenters. The molecule has 1 aliphatic heterocycles. The number of unbranched alkanes of at least 4 members (excludes halogenated alkanes) is 2. The largest absolute Gasteiger partial charge is 0.496 e. The molecule has 0 aliphatic carbocycles. The van der Waals surface area contributed by atoms with Gasteiger partial charge in [-0.25, -0.2) is 4.79 Å². The van der Waals surface area contributed by atoms with Gasteiger partial charge < -0.3 is 19.1 Å². The molecule has 1 saturated heterocycles. The maximum atomic E-state index is 13.5. The van der Waals surface area contributed by atoms with Gasteiger partial charge in [-0.05, 0) is 48.7 Å². The minimum Gasteiger partial charge on any atom is -0.496 e. The standard InChI is InChI=1S/C30H37N3O4/c1-4-5-8-18-37-29-21-26(13-14-27(29)35-2)33-17-9-16-32(30(33)34)22-24-12-11-23(20-28(24)36-3)19-25-10-6-7-15-31-25/h6-7,10-15,20-21H,4-5,8-9,16-19,22H2,1-3H3. The molecule has 2 aromatic carbocycles. The quantitative estimate of drug-likeness (QED) is 0.280. The highest BCUT2D eigenvalue weighted by Crippen LogP contribution is 2.34. The predicted molar refractivity (Wildman–Crippen MR) is 146 cm³/mol. The Hall–Kier alpha value is -3.74. The number of ether oxygens (including phenoxy) is 3. The van der Waals surface area contributed by atoms with Crippen LogP contribution in [-0.2, 0) is 13.0 Å². The number of pyridine rings is 1. The number of carbonyl (C=O) groups excluding carboxylic acids is 1. The second kappa shape index (κ2) is 13.0. The summed E-state index contributed by atoms with van der Waals surface area (Å²) < 4.78 is 17.2. The number of aromatic nitrogens is 1. The third kappa shape index (κ3) is 6.73. The van der Waals surface area contributed by atoms with Crippen molar-refractivity contribution >= 4 is 11.7 Å². The molecule has 0 unspecified atom stereocenters. The van der Waals surface area contributed by atoms with E-state index in [1.165, 1.54) is 0 Å². The first kappa shape index (κ1) is 26.3. The highest BCUT2D eigenvalue weighted by Gasteiger charge is 2.28. The third-order valence-electron chi connectivity index (χ3n) is 6.60. The molecule has 196 valence electrons. The highest BCUT2D eigenvalue weighted by atomic mass is 16.5. The SMILES string of the molecule is CCCCCOc1cc(N2CCCN(Cc3ccc(Cc4ccccn4)cc3OC)C2=O)ccc1OC. The van der Waals surface area contributed by atoms with Crippen molar-refractivity contribution < 1.29 is 19.0 Å². The topological polar surface area (TPSA) is 64.1 Å². The lowest BCUT2D eigenvalue weighted by Gasteiger charge is -2.36. The van der Waals surface area contributed by atoms with Crippen molar-refractivity contribution in [1.82, 2.24) is 9.88 Å². The van der Waals surface area contributed by atoms with Gasteiger partial charge in [0.05, 0.1) is 27.4 Å². The van der Waals surface area contributed by atoms with Crippen molar-refractivity contribution in [3.63, 3.8) is 0 Å². The first-order chi connectivity index (χ1) is 18.1. The molecule has 7 heteroatoms. The van der Waals surface area contributed by atoms with Gasteiger partial charge in [-0.2, -0.15) is 0 Å². The molecule has 0 saturated carbocycles. The zero-order valence-corrected chi connectivity index (χ0v) is 22.1. The van der Waals surface area contributed by atoms with Crippen molar-refractivity contribution in [1.29, 1.82) is 0 Å². The molecule has 1 fully saturated rings. The lowest BCUT2D eigenvalue weighted by atomic mass is 10.0. The molecule has 0 spiro atoms. The van der Waals surface area contributed by atoms with Crippen LogP contribution in [0.25, 0.3) is 0 Å². The average molecular weight is 504 g/mol. The zero-order valence-electron chi connectivity index (χ0n) is 22.1. The normalized spacial score (nSPS) is 13.5. The molecule has 2 amide bonds. The number of methoxy groups -OCH3 is 2. The van der Waals surface area contributed by atoms with Gasteiger partial charge in [0.2, 0.25) is 0 Å². The predicted octanol–water partition coefficient (Wildman–Crippen LogP) is 6.09. The summed E-state index contributed by atoms with van der Waals surface area (Å²) in [5, 5.41) is 0. The number of anilines is 1. The van der Waals surface area contributed by atoms with Crippen LogP contribution in [0.4, 0.5) is 10.5 Å². The summed E-state index contributed by atoms with van der Waals surface area (Å²) in [5.74, 6) is 2.13. The Morgan fingerprint density at radius 1 is 0.919 bits per heavy atom. The minimum absolute atomic E-state index is 0.0204. The van der Waals surface area contributed by atoms with Crippen molar-refractivity contribution in [2.75, 3.05) is 38.8 Å². The van der Waals surface area contributed by atoms with E-state index in [2.05, 4.69) is 24.0 Å². The Balaban J connectivity index is 1.47. The summed E-state index contributed by atoms with van der Waals surface area (Å²) in [7, 11) is 3.31. The monoisotopic (exact) mass is 503 g/mol. The fourth-order valence-corrected chi connectivity index (χ4v) is 4.60. The van der Waals surface area contributed by atoms with Crippen molar-refractivity contribution in [2.24, 2.45) is 0 Å². The molecule has 0 bridgehead atoms. The molecule has 3 aromatic rings. The molecule has 37 heavy (non-hydrogen) atoms. The van der Waals surface area contributed by atoms with Crippen LogP contribution in [-0.4, -0.2) is 49.8 Å². The van der Waals surface area contributed by atoms with Crippen LogP contribution in [0.3, 0.4) is 0 Å². The lowest BCUT2D eigenvalue weighted by Crippen LogP contribution is -2.49. The van der Waals surface area contributed by atoms with Gasteiger partial charge in [-0.3, -0.25) is 9.88 Å². The van der Waals surface area contributed by atoms with E-state index in [9.17, 15) is 4.79 Å². The molecular formula is C30H37N3O4. The fourth-order valence-electron chi connectivity index (χ4n) is 4.60. The Labute approximate surface area is 220 Å². The summed E-state index contributed by atoms with van der Waals surface area (Å²) in [6.07, 6.45) is 6.66. The number of benzene rings is 2. The summed E-state index contributed by atoms with van der Waals surface area (Å²) in [6, 6.07) is 17.8. The van der Waals surface area contributed by atoms with Crippen LogP contribution < -0.4 is 19.1 Å². The molecule has 0 N–H and O–H groups in total. The Morgan fingerprint density at radius 3 is 2.54 bits per heavy atom. The Bertz CT molecular complexity index is 1170. The van der Waals surface area contributed by atoms with Gasteiger partial charge in [0, 0.05) is 48.7 Å². The zero-order chi connectivity index (χ0) is 26.0. The number of urea groups is 1. The third-order valence-corrected chi connectivity index (χ3v) is 6.60. The van der Waals surface area contributed by atoms with E-state index in [0.717, 1.165) is 60.4 Å². The van der Waals surface area contributed by atoms with Gasteiger partial charge >= 0.3 is 6.03 Å². The summed E-state index contributed by atoms with van der Waals surface area (Å²) in [6.45, 7) is 4.64. The smallest absolute Gasteiger partial charge is 0.324 e. The van der Waals surface area contributed by atoms with Crippen LogP contribution in [0.1, 0.15) is 49.4 Å². The van der Waals surface area contributed by atoms with Gasteiger partial charge in [-0.1, -0.05) is 38.0 Å². The van der Waals surface area contributed by atoms with E-state index in [1.807, 2.05) is 52.3 Å². The van der Waals surface area contributed by atoms with E-state index in [0.29, 0.717) is 37.7 Å². The summed E-state index contributed by atoms with van der Waals surface area (Å²) in [5.41, 5.74) is 3.93. The average Bonchev–Trinajstić information content (AvgIpc) is 2.93. The van der Waals surface area contributed by atoms with Crippen LogP contribution in [0.5, 0.6) is 17.2 Å². The lowest BCUT2D eigenvalue weighted by molar-refractivity contribution is 0.191. The number of nitrogens with zero attached hydrogens (tertiary/aromatic N) is 3. The van der Waals surface area contributed by atoms with E-state index in [4.69, 9.17) is 14.2 Å². The van der Waals surface area contributed by atoms with Gasteiger partial charge in [0.1, 0.15) is 5.75 Å². The van der Waals surface area contributed by atoms with E-state index < -0.39 is 0 Å². The number of carbonyl (C=O) groups is 1. The highest BCUT2D eigenvalue weighted by molar-refractivity contribution is 5.93. The molecule has 4 rings (SSSR count). The number of rotatable bonds is 12. The molecular weight excluding hydrogens is 466 g/mol. The molecule has 1 aromatic heterocycles. The second-order valence-electron chi connectivity index (χ2n) is 9.24. The Kier molecular flexibility index (Phi) is 9.24. The molecule has 0 radical (unpaired) electrons. The van der Waals surface area contributed by atoms with Crippen LogP contribution in [0, 0.1) is 0 Å². The van der Waals surface area contributed by atoms with Crippen molar-refractivity contribution in [3.8, 4) is 17.2 Å². The second-order valence-corrected chi connectivity index (χ2v) is 9.24. The number of hydrogen-bond acceptors (Lipinski definition) is 5. The maximum absolute atomic E-state index is 13.5. The Morgan fingerprint density at radius 2 is 1.78 bits per heavy atom. The van der Waals surface area contributed by atoms with E-state index in [1.54, 1.807) is 20.4 Å². The van der Waals surface area contributed by atoms with Crippen molar-refractivity contribution in [3.05, 3.63) is 77.6 Å². The fraction of sp³-hybridized carbons (Fsp3) is 0.400. The molecule has 7 nitrogen and oxygen atoms in total.